The number of benzene rings is 2. The lowest BCUT2D eigenvalue weighted by molar-refractivity contribution is -0.148. The number of likely N-dealkylation sites (N-methyl/N-ethyl adjacent to an activating group) is 2. The molecule has 2 aliphatic rings. The Bertz CT molecular complexity index is 2950. The molecule has 27 nitrogen and oxygen atoms in total. The van der Waals surface area contributed by atoms with Gasteiger partial charge in [0, 0.05) is 65.7 Å². The Balaban J connectivity index is 1.32. The second kappa shape index (κ2) is 37.6. The fourth-order valence-electron chi connectivity index (χ4n) is 11.7. The fourth-order valence-corrected chi connectivity index (χ4v) is 11.7. The van der Waals surface area contributed by atoms with E-state index in [1.165, 1.54) is 64.3 Å². The molecule has 12 amide bonds. The van der Waals surface area contributed by atoms with Crippen LogP contribution in [0.4, 0.5) is 10.5 Å². The number of nitrogens with zero attached hydrogens (tertiary/aromatic N) is 4. The minimum Gasteiger partial charge on any atom is -0.445 e. The van der Waals surface area contributed by atoms with Gasteiger partial charge in [0.05, 0.1) is 55.2 Å². The predicted molar refractivity (Wildman–Crippen MR) is 349 cm³/mol. The molecule has 94 heavy (non-hydrogen) atoms. The Labute approximate surface area is 552 Å². The molecule has 520 valence electrons. The van der Waals surface area contributed by atoms with E-state index in [1.54, 1.807) is 77.8 Å². The Morgan fingerprint density at radius 1 is 0.691 bits per heavy atom. The number of aliphatic hydroxyl groups is 1. The third kappa shape index (κ3) is 22.4. The first-order chi connectivity index (χ1) is 44.4. The van der Waals surface area contributed by atoms with E-state index >= 15 is 0 Å². The van der Waals surface area contributed by atoms with Gasteiger partial charge in [0.25, 0.3) is 11.8 Å². The van der Waals surface area contributed by atoms with Crippen molar-refractivity contribution in [2.24, 2.45) is 29.4 Å². The summed E-state index contributed by atoms with van der Waals surface area (Å²) >= 11 is 0. The average Bonchev–Trinajstić information content (AvgIpc) is 1.33. The van der Waals surface area contributed by atoms with Crippen LogP contribution in [0.15, 0.2) is 66.7 Å². The molecule has 0 aromatic heterocycles. The number of nitrogens with two attached hydrogens (primary N) is 1. The van der Waals surface area contributed by atoms with Gasteiger partial charge in [-0.05, 0) is 87.5 Å². The fraction of sp³-hybridized carbons (Fsp3) is 0.612. The molecule has 0 spiro atoms. The standard InChI is InChI=1S/C67H101N11O16/c1-15-40(6)58(50(92-13)36-55(83)77-34-22-25-49(77)60(93-14)41(7)61(85)70-42(8)59(84)46-23-18-16-19-24-46)75(11)66(90)56(38(2)3)74-65(89)57(39(4)5)76(12)67(91)94-37-45-27-29-47(30-28-45)72-64(88)48(35-51(68)79)73-63(87)44(10)71-62(86)43(9)69-52(80)26-20-17-21-33-78-53(81)31-32-54(78)82/h16,18-19,23-24,27-32,38-44,48-50,56-60,84H,15,17,20-22,25-26,33-37H2,1-14H3,(H2,68,79)(H,69,80)(H,70,85)(H,71,86)(H,72,88)(H,73,87)(H,74,89). The molecule has 1 saturated heterocycles. The summed E-state index contributed by atoms with van der Waals surface area (Å²) in [5.41, 5.74) is 6.80. The molecule has 13 atom stereocenters. The Hall–Kier alpha value is -8.30. The highest BCUT2D eigenvalue weighted by atomic mass is 16.6. The molecule has 0 aliphatic carbocycles. The van der Waals surface area contributed by atoms with Gasteiger partial charge in [-0.25, -0.2) is 4.79 Å². The summed E-state index contributed by atoms with van der Waals surface area (Å²) in [6, 6.07) is 7.50. The molecular formula is C67H101N11O16. The van der Waals surface area contributed by atoms with Crippen LogP contribution in [0.25, 0.3) is 0 Å². The van der Waals surface area contributed by atoms with Crippen molar-refractivity contribution in [3.63, 3.8) is 0 Å². The van der Waals surface area contributed by atoms with Crippen LogP contribution in [0.1, 0.15) is 144 Å². The van der Waals surface area contributed by atoms with Crippen molar-refractivity contribution in [2.75, 3.05) is 46.7 Å². The lowest BCUT2D eigenvalue weighted by Crippen LogP contribution is -2.60. The highest BCUT2D eigenvalue weighted by Crippen LogP contribution is 2.31. The van der Waals surface area contributed by atoms with Gasteiger partial charge in [-0.15, -0.1) is 0 Å². The number of imide groups is 1. The molecule has 2 heterocycles. The van der Waals surface area contributed by atoms with Crippen LogP contribution in [-0.2, 0) is 73.6 Å². The summed E-state index contributed by atoms with van der Waals surface area (Å²) in [6.07, 6.45) is 1.86. The first-order valence-electron chi connectivity index (χ1n) is 32.3. The molecule has 2 aromatic rings. The third-order valence-electron chi connectivity index (χ3n) is 17.4. The summed E-state index contributed by atoms with van der Waals surface area (Å²) < 4.78 is 17.7. The maximum absolute atomic E-state index is 14.8. The number of likely N-dealkylation sites (tertiary alicyclic amines) is 1. The number of carbonyl (C=O) groups is 12. The number of primary amides is 1. The van der Waals surface area contributed by atoms with Gasteiger partial charge in [0.1, 0.15) is 36.8 Å². The quantitative estimate of drug-likeness (QED) is 0.0355. The van der Waals surface area contributed by atoms with E-state index in [-0.39, 0.29) is 61.2 Å². The number of ether oxygens (including phenoxy) is 3. The molecule has 0 bridgehead atoms. The Morgan fingerprint density at radius 3 is 1.88 bits per heavy atom. The summed E-state index contributed by atoms with van der Waals surface area (Å²) in [7, 11) is 6.03. The number of unbranched alkanes of at least 4 members (excludes halogenated alkanes) is 2. The number of hydrogen-bond donors (Lipinski definition) is 8. The lowest BCUT2D eigenvalue weighted by atomic mass is 9.89. The molecule has 2 aliphatic heterocycles. The monoisotopic (exact) mass is 1320 g/mol. The van der Waals surface area contributed by atoms with Gasteiger partial charge < -0.3 is 66.8 Å². The van der Waals surface area contributed by atoms with Crippen LogP contribution < -0.4 is 37.6 Å². The zero-order valence-corrected chi connectivity index (χ0v) is 56.9. The van der Waals surface area contributed by atoms with Crippen molar-refractivity contribution in [3.05, 3.63) is 77.9 Å². The van der Waals surface area contributed by atoms with E-state index in [0.29, 0.717) is 56.2 Å². The summed E-state index contributed by atoms with van der Waals surface area (Å²) in [5, 5.41) is 26.9. The molecule has 1 fully saturated rings. The zero-order valence-electron chi connectivity index (χ0n) is 56.9. The van der Waals surface area contributed by atoms with Crippen molar-refractivity contribution in [3.8, 4) is 0 Å². The highest BCUT2D eigenvalue weighted by molar-refractivity contribution is 6.12. The highest BCUT2D eigenvalue weighted by Gasteiger charge is 2.44. The normalized spacial score (nSPS) is 17.6. The molecule has 0 radical (unpaired) electrons. The van der Waals surface area contributed by atoms with Crippen LogP contribution in [0.3, 0.4) is 0 Å². The third-order valence-corrected chi connectivity index (χ3v) is 17.4. The van der Waals surface area contributed by atoms with Gasteiger partial charge in [0.15, 0.2) is 0 Å². The topological polar surface area (TPSA) is 364 Å². The minimum atomic E-state index is -1.47. The molecule has 0 saturated carbocycles. The number of methoxy groups -OCH3 is 2. The van der Waals surface area contributed by atoms with Crippen LogP contribution in [0.2, 0.25) is 0 Å². The maximum atomic E-state index is 14.8. The van der Waals surface area contributed by atoms with E-state index in [0.717, 1.165) is 9.80 Å². The number of carbonyl (C=O) groups excluding carboxylic acids is 12. The van der Waals surface area contributed by atoms with E-state index in [4.69, 9.17) is 19.9 Å². The Morgan fingerprint density at radius 2 is 1.31 bits per heavy atom. The van der Waals surface area contributed by atoms with Gasteiger partial charge in [-0.1, -0.05) is 104 Å². The number of amides is 12. The van der Waals surface area contributed by atoms with Crippen molar-refractivity contribution in [1.29, 1.82) is 0 Å². The number of rotatable bonds is 37. The van der Waals surface area contributed by atoms with Gasteiger partial charge in [-0.3, -0.25) is 62.5 Å². The summed E-state index contributed by atoms with van der Waals surface area (Å²) in [4.78, 5) is 164. The number of anilines is 1. The molecular weight excluding hydrogens is 1210 g/mol. The maximum Gasteiger partial charge on any atom is 0.410 e. The van der Waals surface area contributed by atoms with Crippen molar-refractivity contribution < 1.29 is 76.9 Å². The molecule has 27 heteroatoms. The van der Waals surface area contributed by atoms with Crippen LogP contribution in [0.5, 0.6) is 0 Å². The first kappa shape index (κ1) is 78.1. The molecule has 4 rings (SSSR count). The van der Waals surface area contributed by atoms with E-state index in [1.807, 2.05) is 32.0 Å². The Kier molecular flexibility index (Phi) is 31.2. The van der Waals surface area contributed by atoms with Crippen molar-refractivity contribution in [2.45, 2.75) is 200 Å². The second-order valence-electron chi connectivity index (χ2n) is 25.2. The van der Waals surface area contributed by atoms with Crippen LogP contribution in [0, 0.1) is 23.7 Å². The summed E-state index contributed by atoms with van der Waals surface area (Å²) in [5.74, 6) is -7.85. The van der Waals surface area contributed by atoms with E-state index in [2.05, 4.69) is 31.9 Å². The number of aliphatic hydroxyl groups excluding tert-OH is 1. The zero-order chi connectivity index (χ0) is 70.3. The van der Waals surface area contributed by atoms with Crippen LogP contribution in [-0.4, -0.2) is 198 Å². The van der Waals surface area contributed by atoms with Crippen LogP contribution >= 0.6 is 0 Å². The van der Waals surface area contributed by atoms with E-state index in [9.17, 15) is 62.6 Å². The first-order valence-corrected chi connectivity index (χ1v) is 32.3. The predicted octanol–water partition coefficient (Wildman–Crippen LogP) is 3.37. The molecule has 2 aromatic carbocycles. The van der Waals surface area contributed by atoms with Crippen molar-refractivity contribution in [1.82, 2.24) is 46.2 Å². The molecule has 13 unspecified atom stereocenters. The van der Waals surface area contributed by atoms with E-state index < -0.39 is 138 Å². The largest absolute Gasteiger partial charge is 0.445 e. The summed E-state index contributed by atoms with van der Waals surface area (Å²) in [6.45, 7) is 17.6. The van der Waals surface area contributed by atoms with Gasteiger partial charge >= 0.3 is 6.09 Å². The number of nitrogens with one attached hydrogen (secondary N) is 6. The SMILES string of the molecule is CCC(C)C(C(CC(=O)N1CCCC1C(OC)C(C)C(=O)NC(C)C(O)c1ccccc1)OC)N(C)C(=O)C(NC(=O)C(C(C)C)N(C)C(=O)OCc1ccc(NC(=O)C(CC(N)=O)NC(=O)C(C)NC(=O)C(C)NC(=O)CCCCCN2C(=O)C=CC2=O)cc1)C(C)C. The van der Waals surface area contributed by atoms with Crippen molar-refractivity contribution >= 4 is 76.8 Å². The molecule has 9 N–H and O–H groups in total. The minimum absolute atomic E-state index is 0.0702. The second-order valence-corrected chi connectivity index (χ2v) is 25.2. The smallest absolute Gasteiger partial charge is 0.410 e. The average molecular weight is 1320 g/mol. The van der Waals surface area contributed by atoms with Gasteiger partial charge in [0.2, 0.25) is 53.2 Å². The lowest BCUT2D eigenvalue weighted by Gasteiger charge is -2.41. The number of hydrogen-bond acceptors (Lipinski definition) is 16. The van der Waals surface area contributed by atoms with Gasteiger partial charge in [-0.2, -0.15) is 0 Å².